The SMILES string of the molecule is CCOc1ccc(N(CC(=O)Nc2cc(S(=O)(=O)N3CCCC3)ccc2OC)S(=O)(=O)c2ccc(SC)cc2)cc1. The molecule has 4 rings (SSSR count). The Kier molecular flexibility index (Phi) is 9.84. The number of amides is 1. The maximum absolute atomic E-state index is 13.8. The van der Waals surface area contributed by atoms with E-state index in [1.54, 1.807) is 36.4 Å². The van der Waals surface area contributed by atoms with Crippen molar-refractivity contribution in [2.45, 2.75) is 34.5 Å². The molecule has 0 radical (unpaired) electrons. The molecule has 41 heavy (non-hydrogen) atoms. The van der Waals surface area contributed by atoms with E-state index in [-0.39, 0.29) is 26.9 Å². The van der Waals surface area contributed by atoms with E-state index in [4.69, 9.17) is 9.47 Å². The summed E-state index contributed by atoms with van der Waals surface area (Å²) >= 11 is 1.48. The van der Waals surface area contributed by atoms with Crippen LogP contribution in [0.5, 0.6) is 11.5 Å². The fourth-order valence-corrected chi connectivity index (χ4v) is 7.78. The molecule has 10 nitrogen and oxygen atoms in total. The number of hydrogen-bond acceptors (Lipinski definition) is 8. The summed E-state index contributed by atoms with van der Waals surface area (Å²) in [7, 11) is -6.52. The molecule has 0 unspecified atom stereocenters. The largest absolute Gasteiger partial charge is 0.495 e. The molecule has 220 valence electrons. The van der Waals surface area contributed by atoms with Gasteiger partial charge in [-0.2, -0.15) is 4.31 Å². The maximum atomic E-state index is 13.8. The summed E-state index contributed by atoms with van der Waals surface area (Å²) in [4.78, 5) is 14.3. The van der Waals surface area contributed by atoms with Gasteiger partial charge >= 0.3 is 0 Å². The summed E-state index contributed by atoms with van der Waals surface area (Å²) < 4.78 is 67.0. The summed E-state index contributed by atoms with van der Waals surface area (Å²) in [6, 6.07) is 17.0. The third kappa shape index (κ3) is 6.97. The van der Waals surface area contributed by atoms with Crippen LogP contribution in [0.3, 0.4) is 0 Å². The molecule has 3 aromatic carbocycles. The molecular formula is C28H33N3O7S3. The van der Waals surface area contributed by atoms with Crippen LogP contribution >= 0.6 is 11.8 Å². The van der Waals surface area contributed by atoms with Gasteiger partial charge in [-0.3, -0.25) is 9.10 Å². The maximum Gasteiger partial charge on any atom is 0.264 e. The molecule has 0 bridgehead atoms. The number of methoxy groups -OCH3 is 1. The summed E-state index contributed by atoms with van der Waals surface area (Å²) in [5.41, 5.74) is 0.376. The molecule has 13 heteroatoms. The van der Waals surface area contributed by atoms with E-state index >= 15 is 0 Å². The number of nitrogens with zero attached hydrogens (tertiary/aromatic N) is 2. The van der Waals surface area contributed by atoms with Crippen molar-refractivity contribution in [1.29, 1.82) is 0 Å². The molecule has 1 N–H and O–H groups in total. The molecule has 0 atom stereocenters. The number of ether oxygens (including phenoxy) is 2. The molecule has 3 aromatic rings. The van der Waals surface area contributed by atoms with Gasteiger partial charge in [0, 0.05) is 18.0 Å². The lowest BCUT2D eigenvalue weighted by Crippen LogP contribution is -2.38. The minimum Gasteiger partial charge on any atom is -0.495 e. The predicted octanol–water partition coefficient (Wildman–Crippen LogP) is 4.43. The van der Waals surface area contributed by atoms with Crippen molar-refractivity contribution >= 4 is 49.1 Å². The van der Waals surface area contributed by atoms with E-state index in [0.717, 1.165) is 22.0 Å². The molecular weight excluding hydrogens is 587 g/mol. The van der Waals surface area contributed by atoms with E-state index in [0.29, 0.717) is 25.4 Å². The highest BCUT2D eigenvalue weighted by Crippen LogP contribution is 2.31. The number of anilines is 2. The number of sulfonamides is 2. The monoisotopic (exact) mass is 619 g/mol. The summed E-state index contributed by atoms with van der Waals surface area (Å²) in [5, 5.41) is 2.66. The Morgan fingerprint density at radius 3 is 2.17 bits per heavy atom. The Morgan fingerprint density at radius 1 is 0.951 bits per heavy atom. The molecule has 0 spiro atoms. The van der Waals surface area contributed by atoms with E-state index < -0.39 is 32.5 Å². The highest BCUT2D eigenvalue weighted by molar-refractivity contribution is 7.98. The highest BCUT2D eigenvalue weighted by atomic mass is 32.2. The molecule has 1 fully saturated rings. The first-order chi connectivity index (χ1) is 19.6. The molecule has 1 aliphatic rings. The van der Waals surface area contributed by atoms with Gasteiger partial charge in [0.2, 0.25) is 15.9 Å². The zero-order valence-corrected chi connectivity index (χ0v) is 25.5. The molecule has 0 saturated carbocycles. The van der Waals surface area contributed by atoms with Crippen LogP contribution in [0.15, 0.2) is 81.4 Å². The van der Waals surface area contributed by atoms with Crippen molar-refractivity contribution in [2.75, 3.05) is 49.2 Å². The van der Waals surface area contributed by atoms with Crippen LogP contribution in [-0.4, -0.2) is 66.7 Å². The smallest absolute Gasteiger partial charge is 0.264 e. The fraction of sp³-hybridized carbons (Fsp3) is 0.321. The van der Waals surface area contributed by atoms with Crippen molar-refractivity contribution in [3.63, 3.8) is 0 Å². The van der Waals surface area contributed by atoms with Crippen molar-refractivity contribution in [2.24, 2.45) is 0 Å². The van der Waals surface area contributed by atoms with Gasteiger partial charge in [0.15, 0.2) is 0 Å². The van der Waals surface area contributed by atoms with Gasteiger partial charge in [0.05, 0.1) is 34.9 Å². The number of hydrogen-bond donors (Lipinski definition) is 1. The average molecular weight is 620 g/mol. The number of carbonyl (C=O) groups is 1. The summed E-state index contributed by atoms with van der Waals surface area (Å²) in [6.07, 6.45) is 3.46. The van der Waals surface area contributed by atoms with E-state index in [1.165, 1.54) is 53.5 Å². The zero-order chi connectivity index (χ0) is 29.6. The second-order valence-electron chi connectivity index (χ2n) is 9.14. The fourth-order valence-electron chi connectivity index (χ4n) is 4.41. The predicted molar refractivity (Wildman–Crippen MR) is 160 cm³/mol. The quantitative estimate of drug-likeness (QED) is 0.296. The lowest BCUT2D eigenvalue weighted by atomic mass is 10.2. The minimum absolute atomic E-state index is 0.0142. The Morgan fingerprint density at radius 2 is 1.59 bits per heavy atom. The number of nitrogens with one attached hydrogen (secondary N) is 1. The van der Waals surface area contributed by atoms with Crippen LogP contribution in [0.1, 0.15) is 19.8 Å². The second-order valence-corrected chi connectivity index (χ2v) is 13.8. The van der Waals surface area contributed by atoms with Gasteiger partial charge in [0.1, 0.15) is 18.0 Å². The van der Waals surface area contributed by atoms with Crippen LogP contribution in [0.2, 0.25) is 0 Å². The van der Waals surface area contributed by atoms with Crippen molar-refractivity contribution in [3.05, 3.63) is 66.7 Å². The Labute approximate surface area is 245 Å². The first-order valence-electron chi connectivity index (χ1n) is 13.0. The summed E-state index contributed by atoms with van der Waals surface area (Å²) in [6.45, 7) is 2.57. The van der Waals surface area contributed by atoms with E-state index in [1.807, 2.05) is 13.2 Å². The lowest BCUT2D eigenvalue weighted by molar-refractivity contribution is -0.114. The zero-order valence-electron chi connectivity index (χ0n) is 23.1. The standard InChI is InChI=1S/C28H33N3O7S3/c1-4-38-22-9-7-21(8-10-22)31(41(35,36)24-13-11-23(39-3)12-14-24)20-28(32)29-26-19-25(15-16-27(26)37-2)40(33,34)30-17-5-6-18-30/h7-16,19H,4-6,17-18,20H2,1-3H3,(H,29,32). The third-order valence-corrected chi connectivity index (χ3v) is 10.9. The van der Waals surface area contributed by atoms with Crippen molar-refractivity contribution < 1.29 is 31.1 Å². The van der Waals surface area contributed by atoms with Gasteiger partial charge in [-0.25, -0.2) is 16.8 Å². The van der Waals surface area contributed by atoms with Crippen LogP contribution in [0.25, 0.3) is 0 Å². The lowest BCUT2D eigenvalue weighted by Gasteiger charge is -2.25. The Balaban J connectivity index is 1.66. The number of carbonyl (C=O) groups excluding carboxylic acids is 1. The first-order valence-corrected chi connectivity index (χ1v) is 17.1. The molecule has 1 saturated heterocycles. The highest BCUT2D eigenvalue weighted by Gasteiger charge is 2.30. The van der Waals surface area contributed by atoms with Gasteiger partial charge in [0.25, 0.3) is 10.0 Å². The van der Waals surface area contributed by atoms with Gasteiger partial charge in [-0.1, -0.05) is 0 Å². The average Bonchev–Trinajstić information content (AvgIpc) is 3.53. The van der Waals surface area contributed by atoms with Crippen LogP contribution in [-0.2, 0) is 24.8 Å². The van der Waals surface area contributed by atoms with E-state index in [2.05, 4.69) is 5.32 Å². The Bertz CT molecular complexity index is 1570. The molecule has 0 aromatic heterocycles. The topological polar surface area (TPSA) is 122 Å². The normalized spacial score (nSPS) is 14.0. The van der Waals surface area contributed by atoms with Gasteiger partial charge < -0.3 is 14.8 Å². The molecule has 0 aliphatic carbocycles. The number of rotatable bonds is 12. The third-order valence-electron chi connectivity index (χ3n) is 6.52. The number of thioether (sulfide) groups is 1. The van der Waals surface area contributed by atoms with Crippen molar-refractivity contribution in [1.82, 2.24) is 4.31 Å². The van der Waals surface area contributed by atoms with Crippen LogP contribution in [0, 0.1) is 0 Å². The van der Waals surface area contributed by atoms with Crippen LogP contribution in [0.4, 0.5) is 11.4 Å². The minimum atomic E-state index is -4.16. The Hall–Kier alpha value is -3.26. The van der Waals surface area contributed by atoms with Crippen molar-refractivity contribution in [3.8, 4) is 11.5 Å². The molecule has 1 aliphatic heterocycles. The number of benzene rings is 3. The van der Waals surface area contributed by atoms with E-state index in [9.17, 15) is 21.6 Å². The first kappa shape index (κ1) is 30.7. The summed E-state index contributed by atoms with van der Waals surface area (Å²) in [5.74, 6) is 0.113. The molecule has 1 heterocycles. The van der Waals surface area contributed by atoms with Gasteiger partial charge in [-0.05, 0) is 92.8 Å². The second kappa shape index (κ2) is 13.1. The van der Waals surface area contributed by atoms with Crippen LogP contribution < -0.4 is 19.1 Å². The molecule has 1 amide bonds. The van der Waals surface area contributed by atoms with Gasteiger partial charge in [-0.15, -0.1) is 11.8 Å².